The third-order valence-corrected chi connectivity index (χ3v) is 10.5. The number of hydrogen-bond donors (Lipinski definition) is 0. The van der Waals surface area contributed by atoms with E-state index in [1.165, 1.54) is 89.9 Å². The Morgan fingerprint density at radius 1 is 0.344 bits per heavy atom. The van der Waals surface area contributed by atoms with Crippen LogP contribution in [0.15, 0.2) is 85.1 Å². The number of hydrogen-bond acceptors (Lipinski definition) is 6. The summed E-state index contributed by atoms with van der Waals surface area (Å²) in [6.07, 6.45) is 62.9. The van der Waals surface area contributed by atoms with Crippen molar-refractivity contribution in [3.8, 4) is 0 Å². The molecule has 6 nitrogen and oxygen atoms in total. The standard InChI is InChI=1S/C55H92O6/c1-4-7-10-13-16-19-22-24-26-27-28-30-31-33-36-39-42-45-48-54(57)60-51-52(50-59-53(56)47-44-41-38-35-21-18-15-12-9-6-3)61-55(58)49-46-43-40-37-34-32-29-25-23-20-17-14-11-8-5-2/h8,11,14-15,17-18,20,23,25,28-30,32,34,52H,4-7,9-10,12-13,16,19,21-22,24,26-27,31,33,35-51H2,1-3H3/b11-8-,17-14-,18-15-,23-20-,29-25-,30-28-,34-32-. The molecular weight excluding hydrogens is 757 g/mol. The Morgan fingerprint density at radius 3 is 1.11 bits per heavy atom. The average molecular weight is 849 g/mol. The second kappa shape index (κ2) is 49.2. The second-order valence-electron chi connectivity index (χ2n) is 16.5. The number of allylic oxidation sites excluding steroid dienone is 14. The maximum Gasteiger partial charge on any atom is 0.306 e. The van der Waals surface area contributed by atoms with Crippen LogP contribution in [0.4, 0.5) is 0 Å². The number of ether oxygens (including phenoxy) is 3. The van der Waals surface area contributed by atoms with Crippen molar-refractivity contribution in [3.05, 3.63) is 85.1 Å². The molecule has 0 radical (unpaired) electrons. The summed E-state index contributed by atoms with van der Waals surface area (Å²) >= 11 is 0. The Labute approximate surface area is 375 Å². The van der Waals surface area contributed by atoms with Crippen LogP contribution in [0.3, 0.4) is 0 Å². The van der Waals surface area contributed by atoms with Gasteiger partial charge in [-0.2, -0.15) is 0 Å². The number of carbonyl (C=O) groups excluding carboxylic acids is 3. The van der Waals surface area contributed by atoms with Crippen molar-refractivity contribution in [3.63, 3.8) is 0 Å². The van der Waals surface area contributed by atoms with Crippen molar-refractivity contribution in [2.75, 3.05) is 13.2 Å². The molecule has 0 aromatic rings. The summed E-state index contributed by atoms with van der Waals surface area (Å²) in [5.74, 6) is -0.969. The molecule has 61 heavy (non-hydrogen) atoms. The molecule has 0 amide bonds. The largest absolute Gasteiger partial charge is 0.462 e. The third kappa shape index (κ3) is 47.5. The van der Waals surface area contributed by atoms with Crippen LogP contribution in [0.25, 0.3) is 0 Å². The predicted molar refractivity (Wildman–Crippen MR) is 261 cm³/mol. The molecular formula is C55H92O6. The van der Waals surface area contributed by atoms with Crippen LogP contribution in [-0.2, 0) is 28.6 Å². The summed E-state index contributed by atoms with van der Waals surface area (Å²) in [5, 5.41) is 0. The van der Waals surface area contributed by atoms with Crippen LogP contribution in [0.2, 0.25) is 0 Å². The van der Waals surface area contributed by atoms with E-state index in [4.69, 9.17) is 14.2 Å². The lowest BCUT2D eigenvalue weighted by molar-refractivity contribution is -0.167. The highest BCUT2D eigenvalue weighted by atomic mass is 16.6. The molecule has 6 heteroatoms. The first-order valence-electron chi connectivity index (χ1n) is 25.2. The molecule has 0 aliphatic carbocycles. The first kappa shape index (κ1) is 57.6. The zero-order chi connectivity index (χ0) is 44.4. The minimum absolute atomic E-state index is 0.102. The number of rotatable bonds is 44. The maximum absolute atomic E-state index is 12.8. The third-order valence-electron chi connectivity index (χ3n) is 10.5. The highest BCUT2D eigenvalue weighted by molar-refractivity contribution is 5.71. The minimum atomic E-state index is -0.805. The van der Waals surface area contributed by atoms with Crippen molar-refractivity contribution in [2.45, 2.75) is 232 Å². The topological polar surface area (TPSA) is 78.9 Å². The van der Waals surface area contributed by atoms with E-state index in [1.807, 2.05) is 48.6 Å². The fraction of sp³-hybridized carbons (Fsp3) is 0.691. The van der Waals surface area contributed by atoms with Gasteiger partial charge in [0.15, 0.2) is 6.10 Å². The molecule has 0 aliphatic rings. The van der Waals surface area contributed by atoms with Crippen LogP contribution in [-0.4, -0.2) is 37.2 Å². The number of unbranched alkanes of at least 4 members (excludes halogenated alkanes) is 23. The second-order valence-corrected chi connectivity index (χ2v) is 16.5. The fourth-order valence-corrected chi connectivity index (χ4v) is 6.67. The molecule has 0 saturated heterocycles. The van der Waals surface area contributed by atoms with E-state index < -0.39 is 6.10 Å². The Morgan fingerprint density at radius 2 is 0.672 bits per heavy atom. The minimum Gasteiger partial charge on any atom is -0.462 e. The maximum atomic E-state index is 12.8. The highest BCUT2D eigenvalue weighted by Crippen LogP contribution is 2.14. The summed E-state index contributed by atoms with van der Waals surface area (Å²) in [5.41, 5.74) is 0. The molecule has 0 spiro atoms. The molecule has 0 fully saturated rings. The van der Waals surface area contributed by atoms with Gasteiger partial charge in [0.05, 0.1) is 0 Å². The molecule has 0 bridgehead atoms. The molecule has 0 aromatic carbocycles. The first-order valence-corrected chi connectivity index (χ1v) is 25.2. The lowest BCUT2D eigenvalue weighted by atomic mass is 10.1. The smallest absolute Gasteiger partial charge is 0.306 e. The number of esters is 3. The summed E-state index contributed by atoms with van der Waals surface area (Å²) in [7, 11) is 0. The van der Waals surface area contributed by atoms with Gasteiger partial charge in [0, 0.05) is 19.3 Å². The van der Waals surface area contributed by atoms with Crippen LogP contribution in [0.5, 0.6) is 0 Å². The Hall–Kier alpha value is -3.41. The van der Waals surface area contributed by atoms with Gasteiger partial charge >= 0.3 is 17.9 Å². The van der Waals surface area contributed by atoms with E-state index in [9.17, 15) is 14.4 Å². The summed E-state index contributed by atoms with van der Waals surface area (Å²) in [6, 6.07) is 0. The molecule has 0 saturated carbocycles. The lowest BCUT2D eigenvalue weighted by Crippen LogP contribution is -2.30. The van der Waals surface area contributed by atoms with Crippen LogP contribution < -0.4 is 0 Å². The van der Waals surface area contributed by atoms with Crippen molar-refractivity contribution in [1.29, 1.82) is 0 Å². The van der Waals surface area contributed by atoms with Gasteiger partial charge in [-0.15, -0.1) is 0 Å². The molecule has 348 valence electrons. The zero-order valence-electron chi connectivity index (χ0n) is 39.7. The molecule has 1 atom stereocenters. The van der Waals surface area contributed by atoms with E-state index in [1.54, 1.807) is 0 Å². The van der Waals surface area contributed by atoms with Gasteiger partial charge in [-0.1, -0.05) is 209 Å². The lowest BCUT2D eigenvalue weighted by Gasteiger charge is -2.18. The van der Waals surface area contributed by atoms with Crippen LogP contribution in [0.1, 0.15) is 226 Å². The number of carbonyl (C=O) groups is 3. The molecule has 0 aliphatic heterocycles. The molecule has 0 rings (SSSR count). The van der Waals surface area contributed by atoms with Gasteiger partial charge in [0.2, 0.25) is 0 Å². The molecule has 0 aromatic heterocycles. The van der Waals surface area contributed by atoms with E-state index in [-0.39, 0.29) is 37.5 Å². The first-order chi connectivity index (χ1) is 30.0. The SMILES string of the molecule is CC\C=C/C=C\C=C/C=C\C=C/CCCCCC(=O)OC(COC(=O)CCCCCC/C=C\CCCC)COC(=O)CCCCCCC/C=C\CCCCCCCCCCC. The van der Waals surface area contributed by atoms with Gasteiger partial charge in [-0.05, 0) is 83.5 Å². The van der Waals surface area contributed by atoms with Crippen molar-refractivity contribution < 1.29 is 28.6 Å². The summed E-state index contributed by atoms with van der Waals surface area (Å²) in [6.45, 7) is 6.39. The molecule has 0 N–H and O–H groups in total. The van der Waals surface area contributed by atoms with Gasteiger partial charge in [-0.3, -0.25) is 14.4 Å². The Bertz CT molecular complexity index is 1200. The van der Waals surface area contributed by atoms with Crippen LogP contribution >= 0.6 is 0 Å². The van der Waals surface area contributed by atoms with Gasteiger partial charge in [0.1, 0.15) is 13.2 Å². The average Bonchev–Trinajstić information content (AvgIpc) is 3.26. The summed E-state index contributed by atoms with van der Waals surface area (Å²) in [4.78, 5) is 37.9. The van der Waals surface area contributed by atoms with Crippen LogP contribution in [0, 0.1) is 0 Å². The zero-order valence-corrected chi connectivity index (χ0v) is 39.7. The van der Waals surface area contributed by atoms with E-state index in [0.29, 0.717) is 19.3 Å². The molecule has 0 heterocycles. The van der Waals surface area contributed by atoms with E-state index in [0.717, 1.165) is 89.9 Å². The van der Waals surface area contributed by atoms with Crippen molar-refractivity contribution in [2.24, 2.45) is 0 Å². The normalized spacial score (nSPS) is 12.8. The van der Waals surface area contributed by atoms with E-state index >= 15 is 0 Å². The highest BCUT2D eigenvalue weighted by Gasteiger charge is 2.19. The fourth-order valence-electron chi connectivity index (χ4n) is 6.67. The van der Waals surface area contributed by atoms with Crippen molar-refractivity contribution in [1.82, 2.24) is 0 Å². The quantitative estimate of drug-likeness (QED) is 0.0200. The Kier molecular flexibility index (Phi) is 46.5. The van der Waals surface area contributed by atoms with E-state index in [2.05, 4.69) is 57.2 Å². The van der Waals surface area contributed by atoms with Gasteiger partial charge in [-0.25, -0.2) is 0 Å². The summed E-state index contributed by atoms with van der Waals surface area (Å²) < 4.78 is 16.7. The van der Waals surface area contributed by atoms with Gasteiger partial charge < -0.3 is 14.2 Å². The van der Waals surface area contributed by atoms with Gasteiger partial charge in [0.25, 0.3) is 0 Å². The predicted octanol–water partition coefficient (Wildman–Crippen LogP) is 16.4. The molecule has 1 unspecified atom stereocenters. The van der Waals surface area contributed by atoms with Crippen molar-refractivity contribution >= 4 is 17.9 Å². The monoisotopic (exact) mass is 849 g/mol. The Balaban J connectivity index is 4.44.